The van der Waals surface area contributed by atoms with Crippen LogP contribution in [0.3, 0.4) is 0 Å². The van der Waals surface area contributed by atoms with Crippen LogP contribution in [0.2, 0.25) is 0 Å². The predicted molar refractivity (Wildman–Crippen MR) is 107 cm³/mol. The number of hydrogen-bond donors (Lipinski definition) is 4. The van der Waals surface area contributed by atoms with Crippen LogP contribution in [0, 0.1) is 0 Å². The summed E-state index contributed by atoms with van der Waals surface area (Å²) in [5, 5.41) is 14.4. The topological polar surface area (TPSA) is 128 Å². The van der Waals surface area contributed by atoms with Gasteiger partial charge in [0.05, 0.1) is 5.56 Å². The lowest BCUT2D eigenvalue weighted by atomic mass is 10.0. The van der Waals surface area contributed by atoms with Crippen LogP contribution < -0.4 is 16.2 Å². The van der Waals surface area contributed by atoms with Crippen LogP contribution in [0.1, 0.15) is 36.0 Å². The second-order valence-electron chi connectivity index (χ2n) is 7.53. The van der Waals surface area contributed by atoms with Gasteiger partial charge in [0.25, 0.3) is 11.8 Å². The highest BCUT2D eigenvalue weighted by atomic mass is 16.3. The third kappa shape index (κ3) is 3.91. The smallest absolute Gasteiger partial charge is 0.327 e. The molecule has 0 bridgehead atoms. The zero-order valence-electron chi connectivity index (χ0n) is 16.2. The Labute approximate surface area is 172 Å². The molecule has 30 heavy (non-hydrogen) atoms. The molecular weight excluding hydrogens is 388 g/mol. The Morgan fingerprint density at radius 1 is 0.933 bits per heavy atom. The summed E-state index contributed by atoms with van der Waals surface area (Å²) in [7, 11) is 0. The van der Waals surface area contributed by atoms with Gasteiger partial charge in [-0.2, -0.15) is 0 Å². The van der Waals surface area contributed by atoms with Gasteiger partial charge < -0.3 is 15.3 Å². The first kappa shape index (κ1) is 19.7. The van der Waals surface area contributed by atoms with Crippen molar-refractivity contribution in [2.75, 3.05) is 6.54 Å². The average Bonchev–Trinajstić information content (AvgIpc) is 3.43. The Morgan fingerprint density at radius 3 is 2.47 bits per heavy atom. The number of phenolic OH excluding ortho intramolecular Hbond substituents is 1. The molecule has 1 aliphatic carbocycles. The second kappa shape index (κ2) is 8.02. The molecule has 0 aromatic heterocycles. The summed E-state index contributed by atoms with van der Waals surface area (Å²) in [6.45, 7) is 0.347. The summed E-state index contributed by atoms with van der Waals surface area (Å²) >= 11 is 0. The van der Waals surface area contributed by atoms with Crippen molar-refractivity contribution in [3.63, 3.8) is 0 Å². The first-order chi connectivity index (χ1) is 14.5. The first-order valence-electron chi connectivity index (χ1n) is 9.88. The van der Waals surface area contributed by atoms with Crippen molar-refractivity contribution in [3.8, 4) is 5.75 Å². The molecule has 9 nitrogen and oxygen atoms in total. The number of likely N-dealkylation sites (tertiary alicyclic amines) is 1. The molecule has 156 valence electrons. The third-order valence-corrected chi connectivity index (χ3v) is 5.37. The molecule has 0 spiro atoms. The van der Waals surface area contributed by atoms with E-state index in [9.17, 15) is 24.3 Å². The molecule has 2 aliphatic rings. The number of rotatable bonds is 3. The Morgan fingerprint density at radius 2 is 1.70 bits per heavy atom. The van der Waals surface area contributed by atoms with Crippen molar-refractivity contribution in [1.82, 2.24) is 21.1 Å². The Balaban J connectivity index is 1.43. The molecule has 1 atom stereocenters. The van der Waals surface area contributed by atoms with E-state index in [2.05, 4.69) is 16.2 Å². The summed E-state index contributed by atoms with van der Waals surface area (Å²) in [6, 6.07) is 9.65. The molecule has 1 unspecified atom stereocenters. The quantitative estimate of drug-likeness (QED) is 0.435. The number of phenols is 1. The Hall–Kier alpha value is -3.62. The molecule has 4 rings (SSSR count). The van der Waals surface area contributed by atoms with E-state index < -0.39 is 29.7 Å². The molecule has 4 amide bonds. The zero-order chi connectivity index (χ0) is 21.3. The molecule has 2 fully saturated rings. The van der Waals surface area contributed by atoms with Gasteiger partial charge in [-0.15, -0.1) is 0 Å². The van der Waals surface area contributed by atoms with E-state index in [1.807, 2.05) is 12.1 Å². The van der Waals surface area contributed by atoms with Gasteiger partial charge in [-0.25, -0.2) is 0 Å². The predicted octanol–water partition coefficient (Wildman–Crippen LogP) is 0.576. The van der Waals surface area contributed by atoms with Crippen LogP contribution >= 0.6 is 0 Å². The van der Waals surface area contributed by atoms with Crippen molar-refractivity contribution in [3.05, 3.63) is 42.0 Å². The maximum atomic E-state index is 13.0. The van der Waals surface area contributed by atoms with E-state index in [-0.39, 0.29) is 17.4 Å². The third-order valence-electron chi connectivity index (χ3n) is 5.37. The van der Waals surface area contributed by atoms with Gasteiger partial charge in [0.1, 0.15) is 11.8 Å². The van der Waals surface area contributed by atoms with E-state index in [0.29, 0.717) is 24.8 Å². The van der Waals surface area contributed by atoms with E-state index in [1.165, 1.54) is 11.0 Å². The molecule has 1 heterocycles. The van der Waals surface area contributed by atoms with Gasteiger partial charge in [0.15, 0.2) is 0 Å². The number of fused-ring (bicyclic) bond motifs is 1. The summed E-state index contributed by atoms with van der Waals surface area (Å²) in [4.78, 5) is 50.4. The lowest BCUT2D eigenvalue weighted by molar-refractivity contribution is -0.141. The number of amides is 4. The van der Waals surface area contributed by atoms with Crippen LogP contribution in [0.15, 0.2) is 36.4 Å². The normalized spacial score (nSPS) is 18.1. The maximum absolute atomic E-state index is 13.0. The fraction of sp³-hybridized carbons (Fsp3) is 0.333. The zero-order valence-corrected chi connectivity index (χ0v) is 16.2. The van der Waals surface area contributed by atoms with Gasteiger partial charge in [-0.05, 0) is 37.1 Å². The van der Waals surface area contributed by atoms with Crippen LogP contribution in [-0.4, -0.2) is 52.3 Å². The number of benzene rings is 2. The molecule has 2 aromatic rings. The number of aromatic hydroxyl groups is 1. The van der Waals surface area contributed by atoms with Gasteiger partial charge in [0.2, 0.25) is 0 Å². The number of hydrazine groups is 1. The molecule has 1 aliphatic heterocycles. The minimum Gasteiger partial charge on any atom is -0.506 e. The number of hydrogen-bond acceptors (Lipinski definition) is 5. The van der Waals surface area contributed by atoms with E-state index >= 15 is 0 Å². The number of carbonyl (C=O) groups is 4. The van der Waals surface area contributed by atoms with Crippen molar-refractivity contribution in [2.45, 2.75) is 37.8 Å². The molecule has 1 saturated heterocycles. The van der Waals surface area contributed by atoms with Crippen LogP contribution in [0.4, 0.5) is 0 Å². The SMILES string of the molecule is O=C(NNC(=O)C1CCCN1C(=O)c1ccc2ccccc2c1O)C(=O)NC1CC1. The Bertz CT molecular complexity index is 1030. The van der Waals surface area contributed by atoms with Gasteiger partial charge in [-0.3, -0.25) is 30.0 Å². The molecular formula is C21H22N4O5. The fourth-order valence-corrected chi connectivity index (χ4v) is 3.60. The first-order valence-corrected chi connectivity index (χ1v) is 9.88. The molecule has 0 radical (unpaired) electrons. The highest BCUT2D eigenvalue weighted by Gasteiger charge is 2.36. The molecule has 1 saturated carbocycles. The van der Waals surface area contributed by atoms with Crippen LogP contribution in [0.25, 0.3) is 10.8 Å². The summed E-state index contributed by atoms with van der Waals surface area (Å²) in [6.07, 6.45) is 2.70. The van der Waals surface area contributed by atoms with Gasteiger partial charge in [0, 0.05) is 18.0 Å². The molecule has 9 heteroatoms. The van der Waals surface area contributed by atoms with Crippen LogP contribution in [-0.2, 0) is 14.4 Å². The number of nitrogens with zero attached hydrogens (tertiary/aromatic N) is 1. The average molecular weight is 410 g/mol. The van der Waals surface area contributed by atoms with Gasteiger partial charge in [-0.1, -0.05) is 30.3 Å². The van der Waals surface area contributed by atoms with E-state index in [1.54, 1.807) is 18.2 Å². The van der Waals surface area contributed by atoms with Crippen molar-refractivity contribution in [2.24, 2.45) is 0 Å². The standard InChI is InChI=1S/C21H22N4O5/c26-17-14-5-2-1-4-12(14)7-10-15(17)21(30)25-11-3-6-16(25)18(27)23-24-20(29)19(28)22-13-8-9-13/h1-2,4-5,7,10,13,16,26H,3,6,8-9,11H2,(H,22,28)(H,23,27)(H,24,29). The van der Waals surface area contributed by atoms with Crippen molar-refractivity contribution in [1.29, 1.82) is 0 Å². The van der Waals surface area contributed by atoms with Crippen molar-refractivity contribution >= 4 is 34.4 Å². The minimum atomic E-state index is -0.960. The number of nitrogens with one attached hydrogen (secondary N) is 3. The number of carbonyl (C=O) groups excluding carboxylic acids is 4. The second-order valence-corrected chi connectivity index (χ2v) is 7.53. The van der Waals surface area contributed by atoms with Gasteiger partial charge >= 0.3 is 11.8 Å². The Kier molecular flexibility index (Phi) is 5.26. The van der Waals surface area contributed by atoms with E-state index in [4.69, 9.17) is 0 Å². The monoisotopic (exact) mass is 410 g/mol. The summed E-state index contributed by atoms with van der Waals surface area (Å²) in [5.74, 6) is -2.95. The largest absolute Gasteiger partial charge is 0.506 e. The highest BCUT2D eigenvalue weighted by Crippen LogP contribution is 2.31. The molecule has 2 aromatic carbocycles. The van der Waals surface area contributed by atoms with Crippen molar-refractivity contribution < 1.29 is 24.3 Å². The summed E-state index contributed by atoms with van der Waals surface area (Å²) in [5.41, 5.74) is 4.43. The van der Waals surface area contributed by atoms with Crippen LogP contribution in [0.5, 0.6) is 5.75 Å². The fourth-order valence-electron chi connectivity index (χ4n) is 3.60. The maximum Gasteiger partial charge on any atom is 0.327 e. The lowest BCUT2D eigenvalue weighted by Gasteiger charge is -2.24. The van der Waals surface area contributed by atoms with E-state index in [0.717, 1.165) is 18.2 Å². The highest BCUT2D eigenvalue weighted by molar-refractivity contribution is 6.35. The molecule has 4 N–H and O–H groups in total. The minimum absolute atomic E-state index is 0.0246. The lowest BCUT2D eigenvalue weighted by Crippen LogP contribution is -2.54. The summed E-state index contributed by atoms with van der Waals surface area (Å²) < 4.78 is 0.